The molecule has 1 aliphatic heterocycles. The van der Waals surface area contributed by atoms with Crippen LogP contribution >= 0.6 is 11.8 Å². The second-order valence-corrected chi connectivity index (χ2v) is 8.51. The average molecular weight is 433 g/mol. The van der Waals surface area contributed by atoms with Crippen molar-refractivity contribution < 1.29 is 9.47 Å². The molecule has 1 saturated heterocycles. The number of ether oxygens (including phenoxy) is 2. The third kappa shape index (κ3) is 4.43. The molecule has 3 heterocycles. The monoisotopic (exact) mass is 432 g/mol. The molecule has 2 aromatic carbocycles. The number of hydrogen-bond donors (Lipinski definition) is 0. The predicted molar refractivity (Wildman–Crippen MR) is 122 cm³/mol. The molecule has 6 nitrogen and oxygen atoms in total. The predicted octanol–water partition coefficient (Wildman–Crippen LogP) is 4.97. The largest absolute Gasteiger partial charge is 0.497 e. The maximum atomic E-state index is 5.90. The molecule has 4 aromatic rings. The molecule has 1 unspecified atom stereocenters. The van der Waals surface area contributed by atoms with E-state index in [0.29, 0.717) is 0 Å². The van der Waals surface area contributed by atoms with Crippen LogP contribution < -0.4 is 4.74 Å². The Labute approximate surface area is 185 Å². The van der Waals surface area contributed by atoms with E-state index in [4.69, 9.17) is 14.5 Å². The number of fused-ring (bicyclic) bond motifs is 1. The fraction of sp³-hybridized carbons (Fsp3) is 0.292. The van der Waals surface area contributed by atoms with E-state index in [-0.39, 0.29) is 6.10 Å². The quantitative estimate of drug-likeness (QED) is 0.384. The number of methoxy groups -OCH3 is 1. The molecule has 0 amide bonds. The number of pyridine rings is 1. The van der Waals surface area contributed by atoms with Crippen LogP contribution in [0.4, 0.5) is 0 Å². The lowest BCUT2D eigenvalue weighted by molar-refractivity contribution is 0.0953. The van der Waals surface area contributed by atoms with Crippen LogP contribution in [-0.2, 0) is 17.0 Å². The van der Waals surface area contributed by atoms with Gasteiger partial charge in [-0.05, 0) is 49.2 Å². The van der Waals surface area contributed by atoms with E-state index in [1.54, 1.807) is 18.9 Å². The molecular formula is C24H24N4O2S. The Bertz CT molecular complexity index is 1170. The molecule has 158 valence electrons. The zero-order valence-corrected chi connectivity index (χ0v) is 18.2. The van der Waals surface area contributed by atoms with Gasteiger partial charge in [0.2, 0.25) is 0 Å². The molecule has 1 atom stereocenters. The van der Waals surface area contributed by atoms with Gasteiger partial charge in [-0.2, -0.15) is 0 Å². The molecule has 0 saturated carbocycles. The van der Waals surface area contributed by atoms with Gasteiger partial charge in [-0.25, -0.2) is 0 Å². The first-order valence-corrected chi connectivity index (χ1v) is 11.5. The van der Waals surface area contributed by atoms with Gasteiger partial charge >= 0.3 is 0 Å². The number of hydrogen-bond acceptors (Lipinski definition) is 6. The van der Waals surface area contributed by atoms with Crippen molar-refractivity contribution in [3.8, 4) is 17.1 Å². The van der Waals surface area contributed by atoms with Gasteiger partial charge in [0.05, 0.1) is 31.0 Å². The van der Waals surface area contributed by atoms with E-state index in [9.17, 15) is 0 Å². The Morgan fingerprint density at radius 2 is 1.94 bits per heavy atom. The maximum Gasteiger partial charge on any atom is 0.191 e. The number of rotatable bonds is 7. The molecule has 1 aliphatic rings. The van der Waals surface area contributed by atoms with Crippen molar-refractivity contribution >= 4 is 22.7 Å². The van der Waals surface area contributed by atoms with Gasteiger partial charge in [-0.1, -0.05) is 36.0 Å². The normalized spacial score (nSPS) is 16.1. The molecule has 1 fully saturated rings. The third-order valence-corrected chi connectivity index (χ3v) is 6.48. The van der Waals surface area contributed by atoms with Crippen molar-refractivity contribution in [2.75, 3.05) is 13.7 Å². The van der Waals surface area contributed by atoms with Crippen LogP contribution in [0, 0.1) is 0 Å². The first-order valence-electron chi connectivity index (χ1n) is 10.5. The highest BCUT2D eigenvalue weighted by Gasteiger charge is 2.22. The summed E-state index contributed by atoms with van der Waals surface area (Å²) < 4.78 is 13.4. The highest BCUT2D eigenvalue weighted by atomic mass is 32.2. The minimum atomic E-state index is 0.200. The van der Waals surface area contributed by atoms with Crippen molar-refractivity contribution in [2.45, 2.75) is 36.4 Å². The van der Waals surface area contributed by atoms with Crippen LogP contribution in [-0.4, -0.2) is 39.6 Å². The van der Waals surface area contributed by atoms with E-state index >= 15 is 0 Å². The SMILES string of the molecule is COc1ccc(-c2nnc(SCc3ccc4ccccc4n3)n2CC2CCCO2)cc1. The summed E-state index contributed by atoms with van der Waals surface area (Å²) in [7, 11) is 1.67. The Hall–Kier alpha value is -2.90. The highest BCUT2D eigenvalue weighted by Crippen LogP contribution is 2.29. The van der Waals surface area contributed by atoms with E-state index in [1.807, 2.05) is 42.5 Å². The lowest BCUT2D eigenvalue weighted by atomic mass is 10.2. The molecular weight excluding hydrogens is 408 g/mol. The third-order valence-electron chi connectivity index (χ3n) is 5.48. The van der Waals surface area contributed by atoms with Gasteiger partial charge < -0.3 is 9.47 Å². The van der Waals surface area contributed by atoms with Crippen molar-refractivity contribution in [3.63, 3.8) is 0 Å². The van der Waals surface area contributed by atoms with E-state index < -0.39 is 0 Å². The minimum absolute atomic E-state index is 0.200. The maximum absolute atomic E-state index is 5.90. The van der Waals surface area contributed by atoms with Crippen molar-refractivity contribution in [2.24, 2.45) is 0 Å². The number of aromatic nitrogens is 4. The summed E-state index contributed by atoms with van der Waals surface area (Å²) in [6, 6.07) is 20.3. The number of thioether (sulfide) groups is 1. The van der Waals surface area contributed by atoms with Gasteiger partial charge in [0.1, 0.15) is 5.75 Å². The van der Waals surface area contributed by atoms with Crippen molar-refractivity contribution in [1.29, 1.82) is 0 Å². The summed E-state index contributed by atoms with van der Waals surface area (Å²) in [4.78, 5) is 4.79. The molecule has 0 N–H and O–H groups in total. The van der Waals surface area contributed by atoms with Gasteiger partial charge in [-0.15, -0.1) is 10.2 Å². The summed E-state index contributed by atoms with van der Waals surface area (Å²) in [6.07, 6.45) is 2.37. The first-order chi connectivity index (χ1) is 15.3. The standard InChI is InChI=1S/C24H24N4O2S/c1-29-20-12-9-18(10-13-20)23-26-27-24(28(23)15-21-6-4-14-30-21)31-16-19-11-8-17-5-2-3-7-22(17)25-19/h2-3,5,7-13,21H,4,6,14-16H2,1H3. The van der Waals surface area contributed by atoms with Gasteiger partial charge in [0.15, 0.2) is 11.0 Å². The number of para-hydroxylation sites is 1. The average Bonchev–Trinajstić information content (AvgIpc) is 3.48. The molecule has 0 spiro atoms. The lowest BCUT2D eigenvalue weighted by Crippen LogP contribution is -2.16. The first kappa shape index (κ1) is 20.0. The highest BCUT2D eigenvalue weighted by molar-refractivity contribution is 7.98. The molecule has 31 heavy (non-hydrogen) atoms. The summed E-state index contributed by atoms with van der Waals surface area (Å²) >= 11 is 1.66. The topological polar surface area (TPSA) is 62.1 Å². The fourth-order valence-corrected chi connectivity index (χ4v) is 4.69. The van der Waals surface area contributed by atoms with E-state index in [0.717, 1.165) is 70.6 Å². The van der Waals surface area contributed by atoms with Crippen LogP contribution in [0.25, 0.3) is 22.3 Å². The lowest BCUT2D eigenvalue weighted by Gasteiger charge is -2.15. The van der Waals surface area contributed by atoms with Crippen molar-refractivity contribution in [1.82, 2.24) is 19.7 Å². The van der Waals surface area contributed by atoms with Crippen molar-refractivity contribution in [3.05, 3.63) is 66.4 Å². The second-order valence-electron chi connectivity index (χ2n) is 7.56. The summed E-state index contributed by atoms with van der Waals surface area (Å²) in [5.74, 6) is 2.41. The van der Waals surface area contributed by atoms with Gasteiger partial charge in [0, 0.05) is 23.3 Å². The number of benzene rings is 2. The van der Waals surface area contributed by atoms with Crippen LogP contribution in [0.1, 0.15) is 18.5 Å². The summed E-state index contributed by atoms with van der Waals surface area (Å²) in [5, 5.41) is 11.1. The molecule has 2 aromatic heterocycles. The number of nitrogens with zero attached hydrogens (tertiary/aromatic N) is 4. The molecule has 0 bridgehead atoms. The van der Waals surface area contributed by atoms with E-state index in [1.165, 1.54) is 0 Å². The van der Waals surface area contributed by atoms with Crippen LogP contribution in [0.5, 0.6) is 5.75 Å². The Morgan fingerprint density at radius 1 is 1.06 bits per heavy atom. The molecule has 5 rings (SSSR count). The fourth-order valence-electron chi connectivity index (χ4n) is 3.83. The molecule has 0 radical (unpaired) electrons. The van der Waals surface area contributed by atoms with Crippen LogP contribution in [0.3, 0.4) is 0 Å². The zero-order chi connectivity index (χ0) is 21.0. The van der Waals surface area contributed by atoms with Gasteiger partial charge in [-0.3, -0.25) is 9.55 Å². The summed E-state index contributed by atoms with van der Waals surface area (Å²) in [5.41, 5.74) is 3.06. The van der Waals surface area contributed by atoms with Gasteiger partial charge in [0.25, 0.3) is 0 Å². The zero-order valence-electron chi connectivity index (χ0n) is 17.4. The Balaban J connectivity index is 1.41. The van der Waals surface area contributed by atoms with E-state index in [2.05, 4.69) is 33.0 Å². The Morgan fingerprint density at radius 3 is 2.74 bits per heavy atom. The van der Waals surface area contributed by atoms with Crippen LogP contribution in [0.2, 0.25) is 0 Å². The molecule has 0 aliphatic carbocycles. The minimum Gasteiger partial charge on any atom is -0.497 e. The Kier molecular flexibility index (Phi) is 5.86. The second kappa shape index (κ2) is 9.08. The smallest absolute Gasteiger partial charge is 0.191 e. The molecule has 7 heteroatoms. The van der Waals surface area contributed by atoms with Crippen LogP contribution in [0.15, 0.2) is 65.8 Å². The summed E-state index contributed by atoms with van der Waals surface area (Å²) in [6.45, 7) is 1.58.